The zero-order valence-corrected chi connectivity index (χ0v) is 19.3. The van der Waals surface area contributed by atoms with Gasteiger partial charge in [0.05, 0.1) is 13.7 Å². The van der Waals surface area contributed by atoms with Crippen molar-refractivity contribution in [1.82, 2.24) is 20.2 Å². The predicted molar refractivity (Wildman–Crippen MR) is 130 cm³/mol. The molecule has 7 nitrogen and oxygen atoms in total. The number of carbonyl (C=O) groups excluding carboxylic acids is 1. The van der Waals surface area contributed by atoms with Crippen LogP contribution in [0.2, 0.25) is 5.02 Å². The maximum atomic E-state index is 12.5. The third kappa shape index (κ3) is 6.43. The summed E-state index contributed by atoms with van der Waals surface area (Å²) in [6.07, 6.45) is 4.52. The van der Waals surface area contributed by atoms with Gasteiger partial charge in [0.25, 0.3) is 0 Å². The van der Waals surface area contributed by atoms with Gasteiger partial charge < -0.3 is 15.4 Å². The summed E-state index contributed by atoms with van der Waals surface area (Å²) in [5.41, 5.74) is 1.95. The number of aromatic nitrogens is 2. The summed E-state index contributed by atoms with van der Waals surface area (Å²) < 4.78 is 5.33. The molecule has 8 heteroatoms. The van der Waals surface area contributed by atoms with Crippen LogP contribution in [0, 0.1) is 5.92 Å². The lowest BCUT2D eigenvalue weighted by Crippen LogP contribution is -2.44. The van der Waals surface area contributed by atoms with Crippen molar-refractivity contribution in [3.8, 4) is 5.75 Å². The number of amides is 2. The molecule has 1 saturated heterocycles. The number of likely N-dealkylation sites (tertiary alicyclic amines) is 1. The Labute approximate surface area is 199 Å². The van der Waals surface area contributed by atoms with Crippen LogP contribution < -0.4 is 15.4 Å². The fraction of sp³-hybridized carbons (Fsp3) is 0.320. The van der Waals surface area contributed by atoms with Crippen LogP contribution in [0.3, 0.4) is 0 Å². The SMILES string of the molecule is COc1ccc(C2CN(Cc3ncccn3)CCC2CNC(=O)Nc2ccc(Cl)cc2)cc1. The van der Waals surface area contributed by atoms with Crippen LogP contribution >= 0.6 is 11.6 Å². The van der Waals surface area contributed by atoms with Crippen molar-refractivity contribution in [2.45, 2.75) is 18.9 Å². The Morgan fingerprint density at radius 2 is 1.85 bits per heavy atom. The Hall–Kier alpha value is -3.16. The minimum atomic E-state index is -0.217. The first-order valence-corrected chi connectivity index (χ1v) is 11.4. The van der Waals surface area contributed by atoms with Crippen LogP contribution in [0.15, 0.2) is 67.0 Å². The molecule has 1 aromatic heterocycles. The lowest BCUT2D eigenvalue weighted by Gasteiger charge is -2.38. The van der Waals surface area contributed by atoms with Gasteiger partial charge in [0.2, 0.25) is 0 Å². The minimum absolute atomic E-state index is 0.217. The van der Waals surface area contributed by atoms with Crippen LogP contribution in [0.4, 0.5) is 10.5 Å². The van der Waals surface area contributed by atoms with E-state index in [0.29, 0.717) is 29.7 Å². The lowest BCUT2D eigenvalue weighted by molar-refractivity contribution is 0.148. The molecule has 0 saturated carbocycles. The summed E-state index contributed by atoms with van der Waals surface area (Å²) in [7, 11) is 1.67. The third-order valence-corrected chi connectivity index (χ3v) is 6.25. The summed E-state index contributed by atoms with van der Waals surface area (Å²) >= 11 is 5.92. The highest BCUT2D eigenvalue weighted by Crippen LogP contribution is 2.33. The zero-order chi connectivity index (χ0) is 23.0. The Balaban J connectivity index is 1.41. The summed E-state index contributed by atoms with van der Waals surface area (Å²) in [5, 5.41) is 6.55. The maximum Gasteiger partial charge on any atom is 0.319 e. The number of nitrogens with zero attached hydrogens (tertiary/aromatic N) is 3. The van der Waals surface area contributed by atoms with E-state index in [1.165, 1.54) is 5.56 Å². The highest BCUT2D eigenvalue weighted by atomic mass is 35.5. The van der Waals surface area contributed by atoms with Gasteiger partial charge >= 0.3 is 6.03 Å². The predicted octanol–water partition coefficient (Wildman–Crippen LogP) is 4.57. The molecular formula is C25H28ClN5O2. The zero-order valence-electron chi connectivity index (χ0n) is 18.6. The number of halogens is 1. The van der Waals surface area contributed by atoms with E-state index in [9.17, 15) is 4.79 Å². The lowest BCUT2D eigenvalue weighted by atomic mass is 9.80. The van der Waals surface area contributed by atoms with Crippen molar-refractivity contribution in [3.63, 3.8) is 0 Å². The van der Waals surface area contributed by atoms with E-state index in [4.69, 9.17) is 16.3 Å². The molecule has 2 aromatic carbocycles. The first kappa shape index (κ1) is 23.0. The largest absolute Gasteiger partial charge is 0.497 e. The minimum Gasteiger partial charge on any atom is -0.497 e. The number of ether oxygens (including phenoxy) is 1. The van der Waals surface area contributed by atoms with Crippen molar-refractivity contribution >= 4 is 23.3 Å². The number of hydrogen-bond acceptors (Lipinski definition) is 5. The van der Waals surface area contributed by atoms with Crippen molar-refractivity contribution in [2.24, 2.45) is 5.92 Å². The smallest absolute Gasteiger partial charge is 0.319 e. The number of benzene rings is 2. The molecule has 0 bridgehead atoms. The van der Waals surface area contributed by atoms with Crippen molar-refractivity contribution in [3.05, 3.63) is 83.4 Å². The van der Waals surface area contributed by atoms with Gasteiger partial charge in [0, 0.05) is 42.1 Å². The Bertz CT molecular complexity index is 1030. The van der Waals surface area contributed by atoms with E-state index < -0.39 is 0 Å². The quantitative estimate of drug-likeness (QED) is 0.534. The Kier molecular flexibility index (Phi) is 7.75. The van der Waals surface area contributed by atoms with E-state index in [2.05, 4.69) is 37.6 Å². The average Bonchev–Trinajstić information content (AvgIpc) is 2.85. The summed E-state index contributed by atoms with van der Waals surface area (Å²) in [6, 6.07) is 16.9. The number of urea groups is 1. The monoisotopic (exact) mass is 465 g/mol. The highest BCUT2D eigenvalue weighted by Gasteiger charge is 2.31. The Morgan fingerprint density at radius 3 is 2.55 bits per heavy atom. The second-order valence-electron chi connectivity index (χ2n) is 8.17. The topological polar surface area (TPSA) is 79.4 Å². The molecular weight excluding hydrogens is 438 g/mol. The maximum absolute atomic E-state index is 12.5. The van der Waals surface area contributed by atoms with Gasteiger partial charge in [-0.2, -0.15) is 0 Å². The van der Waals surface area contributed by atoms with E-state index in [-0.39, 0.29) is 11.9 Å². The average molecular weight is 466 g/mol. The molecule has 1 aliphatic heterocycles. The van der Waals surface area contributed by atoms with Gasteiger partial charge in [-0.15, -0.1) is 0 Å². The Morgan fingerprint density at radius 1 is 1.12 bits per heavy atom. The number of methoxy groups -OCH3 is 1. The second kappa shape index (κ2) is 11.1. The molecule has 2 amide bonds. The van der Waals surface area contributed by atoms with Crippen LogP contribution in [-0.2, 0) is 6.54 Å². The fourth-order valence-electron chi connectivity index (χ4n) is 4.23. The molecule has 2 unspecified atom stereocenters. The van der Waals surface area contributed by atoms with E-state index in [1.54, 1.807) is 43.8 Å². The molecule has 2 N–H and O–H groups in total. The second-order valence-corrected chi connectivity index (χ2v) is 8.61. The molecule has 1 fully saturated rings. The van der Waals surface area contributed by atoms with Crippen LogP contribution in [0.1, 0.15) is 23.7 Å². The highest BCUT2D eigenvalue weighted by molar-refractivity contribution is 6.30. The molecule has 33 heavy (non-hydrogen) atoms. The van der Waals surface area contributed by atoms with Gasteiger partial charge in [0.1, 0.15) is 11.6 Å². The molecule has 4 rings (SSSR count). The van der Waals surface area contributed by atoms with Crippen LogP contribution in [-0.4, -0.2) is 47.6 Å². The molecule has 2 heterocycles. The number of piperidine rings is 1. The summed E-state index contributed by atoms with van der Waals surface area (Å²) in [6.45, 7) is 3.10. The van der Waals surface area contributed by atoms with Crippen molar-refractivity contribution in [1.29, 1.82) is 0 Å². The number of anilines is 1. The standard InChI is InChI=1S/C25H28ClN5O2/c1-33-22-9-3-18(4-10-22)23-16-31(17-24-27-12-2-13-28-24)14-11-19(23)15-29-25(32)30-21-7-5-20(26)6-8-21/h2-10,12-13,19,23H,11,14-17H2,1H3,(H2,29,30,32). The molecule has 0 spiro atoms. The molecule has 0 radical (unpaired) electrons. The first-order chi connectivity index (χ1) is 16.1. The number of carbonyl (C=O) groups is 1. The van der Waals surface area contributed by atoms with Crippen LogP contribution in [0.25, 0.3) is 0 Å². The molecule has 0 aliphatic carbocycles. The van der Waals surface area contributed by atoms with E-state index >= 15 is 0 Å². The summed E-state index contributed by atoms with van der Waals surface area (Å²) in [5.74, 6) is 2.23. The first-order valence-electron chi connectivity index (χ1n) is 11.0. The van der Waals surface area contributed by atoms with Gasteiger partial charge in [-0.3, -0.25) is 4.90 Å². The third-order valence-electron chi connectivity index (χ3n) is 6.00. The van der Waals surface area contributed by atoms with E-state index in [1.807, 2.05) is 18.2 Å². The molecule has 2 atom stereocenters. The summed E-state index contributed by atoms with van der Waals surface area (Å²) in [4.78, 5) is 23.6. The van der Waals surface area contributed by atoms with Gasteiger partial charge in [-0.1, -0.05) is 23.7 Å². The van der Waals surface area contributed by atoms with Gasteiger partial charge in [0.15, 0.2) is 0 Å². The van der Waals surface area contributed by atoms with Gasteiger partial charge in [-0.25, -0.2) is 14.8 Å². The van der Waals surface area contributed by atoms with Crippen LogP contribution in [0.5, 0.6) is 5.75 Å². The molecule has 3 aromatic rings. The van der Waals surface area contributed by atoms with Gasteiger partial charge in [-0.05, 0) is 66.9 Å². The van der Waals surface area contributed by atoms with Crippen molar-refractivity contribution in [2.75, 3.05) is 32.1 Å². The van der Waals surface area contributed by atoms with Crippen molar-refractivity contribution < 1.29 is 9.53 Å². The number of hydrogen-bond donors (Lipinski definition) is 2. The molecule has 1 aliphatic rings. The van der Waals surface area contributed by atoms with E-state index in [0.717, 1.165) is 31.1 Å². The number of nitrogens with one attached hydrogen (secondary N) is 2. The molecule has 172 valence electrons. The fourth-order valence-corrected chi connectivity index (χ4v) is 4.35. The normalized spacial score (nSPS) is 18.5. The number of rotatable bonds is 7.